The van der Waals surface area contributed by atoms with E-state index in [4.69, 9.17) is 21.1 Å². The summed E-state index contributed by atoms with van der Waals surface area (Å²) in [7, 11) is 1.47. The molecule has 0 bridgehead atoms. The van der Waals surface area contributed by atoms with Crippen molar-refractivity contribution in [1.82, 2.24) is 4.98 Å². The van der Waals surface area contributed by atoms with E-state index in [0.29, 0.717) is 34.4 Å². The first-order valence-corrected chi connectivity index (χ1v) is 9.10. The molecule has 3 rings (SSSR count). The monoisotopic (exact) mass is 410 g/mol. The van der Waals surface area contributed by atoms with Crippen LogP contribution in [0.5, 0.6) is 17.2 Å². The van der Waals surface area contributed by atoms with Gasteiger partial charge in [0.05, 0.1) is 12.1 Å². The van der Waals surface area contributed by atoms with Crippen LogP contribution in [-0.2, 0) is 11.4 Å². The Labute approximate surface area is 173 Å². The van der Waals surface area contributed by atoms with Crippen LogP contribution in [0.3, 0.4) is 0 Å². The molecule has 0 unspecified atom stereocenters. The zero-order chi connectivity index (χ0) is 20.6. The van der Waals surface area contributed by atoms with Crippen molar-refractivity contribution in [1.29, 1.82) is 0 Å². The number of anilines is 1. The van der Waals surface area contributed by atoms with Gasteiger partial charge in [-0.05, 0) is 53.6 Å². The molecule has 148 valence electrons. The number of hydrogen-bond donors (Lipinski definition) is 2. The summed E-state index contributed by atoms with van der Waals surface area (Å²) >= 11 is 6.18. The predicted molar refractivity (Wildman–Crippen MR) is 112 cm³/mol. The molecule has 0 atom stereocenters. The number of halogens is 1. The minimum Gasteiger partial charge on any atom is -0.504 e. The van der Waals surface area contributed by atoms with E-state index >= 15 is 0 Å². The molecular formula is C22H19ClN2O4. The van der Waals surface area contributed by atoms with Gasteiger partial charge >= 0.3 is 0 Å². The van der Waals surface area contributed by atoms with Crippen LogP contribution in [0.1, 0.15) is 11.1 Å². The SMILES string of the molecule is COc1ccc(/C=C/C(=O)Nc2ccc(Cl)c(OCc3ccncc3)c2)cc1O. The molecule has 0 aliphatic carbocycles. The normalized spacial score (nSPS) is 10.7. The summed E-state index contributed by atoms with van der Waals surface area (Å²) in [6, 6.07) is 13.6. The highest BCUT2D eigenvalue weighted by molar-refractivity contribution is 6.32. The van der Waals surface area contributed by atoms with Gasteiger partial charge in [0.15, 0.2) is 11.5 Å². The van der Waals surface area contributed by atoms with Crippen LogP contribution in [-0.4, -0.2) is 23.1 Å². The summed E-state index contributed by atoms with van der Waals surface area (Å²) in [5, 5.41) is 13.0. The molecular weight excluding hydrogens is 392 g/mol. The minimum atomic E-state index is -0.331. The maximum absolute atomic E-state index is 12.2. The summed E-state index contributed by atoms with van der Waals surface area (Å²) in [4.78, 5) is 16.2. The summed E-state index contributed by atoms with van der Waals surface area (Å²) in [5.74, 6) is 0.504. The molecule has 1 aromatic heterocycles. The summed E-state index contributed by atoms with van der Waals surface area (Å²) in [5.41, 5.74) is 2.17. The molecule has 0 saturated carbocycles. The van der Waals surface area contributed by atoms with Crippen molar-refractivity contribution in [2.45, 2.75) is 6.61 Å². The lowest BCUT2D eigenvalue weighted by Gasteiger charge is -2.10. The number of nitrogens with one attached hydrogen (secondary N) is 1. The number of phenolic OH excluding ortho intramolecular Hbond substituents is 1. The zero-order valence-corrected chi connectivity index (χ0v) is 16.4. The number of rotatable bonds is 7. The molecule has 0 saturated heterocycles. The molecule has 7 heteroatoms. The molecule has 6 nitrogen and oxygen atoms in total. The molecule has 0 aliphatic heterocycles. The Bertz CT molecular complexity index is 1020. The van der Waals surface area contributed by atoms with Gasteiger partial charge in [-0.2, -0.15) is 0 Å². The van der Waals surface area contributed by atoms with Gasteiger partial charge in [0.1, 0.15) is 12.4 Å². The summed E-state index contributed by atoms with van der Waals surface area (Å²) < 4.78 is 10.7. The van der Waals surface area contributed by atoms with Gasteiger partial charge in [0.2, 0.25) is 5.91 Å². The van der Waals surface area contributed by atoms with Crippen molar-refractivity contribution in [2.24, 2.45) is 0 Å². The Morgan fingerprint density at radius 1 is 1.14 bits per heavy atom. The number of ether oxygens (including phenoxy) is 2. The van der Waals surface area contributed by atoms with Crippen LogP contribution < -0.4 is 14.8 Å². The van der Waals surface area contributed by atoms with E-state index in [2.05, 4.69) is 10.3 Å². The number of benzene rings is 2. The zero-order valence-electron chi connectivity index (χ0n) is 15.6. The molecule has 0 aliphatic rings. The van der Waals surface area contributed by atoms with Crippen molar-refractivity contribution in [2.75, 3.05) is 12.4 Å². The number of methoxy groups -OCH3 is 1. The quantitative estimate of drug-likeness (QED) is 0.553. The van der Waals surface area contributed by atoms with Gasteiger partial charge in [-0.3, -0.25) is 9.78 Å². The third-order valence-electron chi connectivity index (χ3n) is 3.97. The van der Waals surface area contributed by atoms with Crippen molar-refractivity contribution in [3.63, 3.8) is 0 Å². The second-order valence-corrected chi connectivity index (χ2v) is 6.45. The standard InChI is InChI=1S/C22H19ClN2O4/c1-28-20-6-2-15(12-19(20)26)3-7-22(27)25-17-4-5-18(23)21(13-17)29-14-16-8-10-24-11-9-16/h2-13,26H,14H2,1H3,(H,25,27)/b7-3+. The molecule has 0 fully saturated rings. The number of pyridine rings is 1. The minimum absolute atomic E-state index is 0.00347. The van der Waals surface area contributed by atoms with Crippen molar-refractivity contribution in [3.05, 3.63) is 83.2 Å². The van der Waals surface area contributed by atoms with Crippen LogP contribution >= 0.6 is 11.6 Å². The molecule has 1 heterocycles. The lowest BCUT2D eigenvalue weighted by molar-refractivity contribution is -0.111. The van der Waals surface area contributed by atoms with Crippen LogP contribution in [0.15, 0.2) is 67.0 Å². The fourth-order valence-electron chi connectivity index (χ4n) is 2.50. The Hall–Kier alpha value is -3.51. The second kappa shape index (κ2) is 9.61. The maximum atomic E-state index is 12.2. The first-order valence-electron chi connectivity index (χ1n) is 8.72. The van der Waals surface area contributed by atoms with Gasteiger partial charge in [-0.15, -0.1) is 0 Å². The summed E-state index contributed by atoms with van der Waals surface area (Å²) in [6.07, 6.45) is 6.33. The first kappa shape index (κ1) is 20.2. The lowest BCUT2D eigenvalue weighted by Crippen LogP contribution is -2.08. The van der Waals surface area contributed by atoms with Gasteiger partial charge in [0.25, 0.3) is 0 Å². The molecule has 2 aromatic carbocycles. The van der Waals surface area contributed by atoms with E-state index in [1.54, 1.807) is 48.8 Å². The number of aromatic nitrogens is 1. The Balaban J connectivity index is 1.63. The second-order valence-electron chi connectivity index (χ2n) is 6.04. The average Bonchev–Trinajstić information content (AvgIpc) is 2.73. The van der Waals surface area contributed by atoms with E-state index in [-0.39, 0.29) is 11.7 Å². The Morgan fingerprint density at radius 3 is 2.66 bits per heavy atom. The van der Waals surface area contributed by atoms with Crippen LogP contribution in [0, 0.1) is 0 Å². The summed E-state index contributed by atoms with van der Waals surface area (Å²) in [6.45, 7) is 0.334. The van der Waals surface area contributed by atoms with Gasteiger partial charge in [-0.1, -0.05) is 17.7 Å². The molecule has 0 spiro atoms. The van der Waals surface area contributed by atoms with E-state index < -0.39 is 0 Å². The van der Waals surface area contributed by atoms with Gasteiger partial charge in [0, 0.05) is 30.2 Å². The number of phenols is 1. The highest BCUT2D eigenvalue weighted by Crippen LogP contribution is 2.29. The van der Waals surface area contributed by atoms with Crippen LogP contribution in [0.4, 0.5) is 5.69 Å². The Kier molecular flexibility index (Phi) is 6.71. The first-order chi connectivity index (χ1) is 14.0. The topological polar surface area (TPSA) is 80.7 Å². The average molecular weight is 411 g/mol. The van der Waals surface area contributed by atoms with Crippen molar-refractivity contribution >= 4 is 29.3 Å². The smallest absolute Gasteiger partial charge is 0.248 e. The number of amides is 1. The van der Waals surface area contributed by atoms with E-state index in [9.17, 15) is 9.90 Å². The number of hydrogen-bond acceptors (Lipinski definition) is 5. The number of carbonyl (C=O) groups is 1. The highest BCUT2D eigenvalue weighted by Gasteiger charge is 2.06. The number of nitrogens with zero attached hydrogens (tertiary/aromatic N) is 1. The number of aromatic hydroxyl groups is 1. The fourth-order valence-corrected chi connectivity index (χ4v) is 2.67. The van der Waals surface area contributed by atoms with Crippen LogP contribution in [0.2, 0.25) is 5.02 Å². The van der Waals surface area contributed by atoms with Crippen molar-refractivity contribution < 1.29 is 19.4 Å². The molecule has 29 heavy (non-hydrogen) atoms. The lowest BCUT2D eigenvalue weighted by atomic mass is 10.2. The van der Waals surface area contributed by atoms with Gasteiger partial charge < -0.3 is 19.9 Å². The third-order valence-corrected chi connectivity index (χ3v) is 4.28. The molecule has 1 amide bonds. The van der Waals surface area contributed by atoms with Gasteiger partial charge in [-0.25, -0.2) is 0 Å². The van der Waals surface area contributed by atoms with E-state index in [0.717, 1.165) is 5.56 Å². The molecule has 3 aromatic rings. The Morgan fingerprint density at radius 2 is 1.93 bits per heavy atom. The fraction of sp³-hybridized carbons (Fsp3) is 0.0909. The van der Waals surface area contributed by atoms with E-state index in [1.165, 1.54) is 19.3 Å². The maximum Gasteiger partial charge on any atom is 0.248 e. The number of carbonyl (C=O) groups excluding carboxylic acids is 1. The largest absolute Gasteiger partial charge is 0.504 e. The predicted octanol–water partition coefficient (Wildman–Crippen LogP) is 4.68. The molecule has 0 radical (unpaired) electrons. The highest BCUT2D eigenvalue weighted by atomic mass is 35.5. The third kappa shape index (κ3) is 5.73. The van der Waals surface area contributed by atoms with Crippen molar-refractivity contribution in [3.8, 4) is 17.2 Å². The van der Waals surface area contributed by atoms with E-state index in [1.807, 2.05) is 12.1 Å². The van der Waals surface area contributed by atoms with Crippen LogP contribution in [0.25, 0.3) is 6.08 Å². The molecule has 2 N–H and O–H groups in total.